The number of rotatable bonds is 9. The van der Waals surface area contributed by atoms with Gasteiger partial charge in [0.25, 0.3) is 5.91 Å². The Bertz CT molecular complexity index is 1470. The smallest absolute Gasteiger partial charge is 0.254 e. The number of benzene rings is 3. The van der Waals surface area contributed by atoms with Crippen molar-refractivity contribution >= 4 is 15.9 Å². The van der Waals surface area contributed by atoms with Crippen molar-refractivity contribution in [1.29, 1.82) is 0 Å². The average Bonchev–Trinajstić information content (AvgIpc) is 3.03. The molecule has 0 spiro atoms. The molecule has 0 N–H and O–H groups in total. The first-order valence-electron chi connectivity index (χ1n) is 14.2. The van der Waals surface area contributed by atoms with Crippen LogP contribution in [0, 0.1) is 0 Å². The van der Waals surface area contributed by atoms with Gasteiger partial charge in [-0.1, -0.05) is 25.5 Å². The molecule has 3 aromatic carbocycles. The summed E-state index contributed by atoms with van der Waals surface area (Å²) in [5.74, 6) is 1.79. The van der Waals surface area contributed by atoms with Crippen LogP contribution >= 0.6 is 0 Å². The van der Waals surface area contributed by atoms with Crippen LogP contribution in [0.5, 0.6) is 17.2 Å². The lowest BCUT2D eigenvalue weighted by atomic mass is 9.91. The minimum Gasteiger partial charge on any atom is -0.493 e. The van der Waals surface area contributed by atoms with Gasteiger partial charge >= 0.3 is 0 Å². The van der Waals surface area contributed by atoms with Crippen molar-refractivity contribution in [2.24, 2.45) is 0 Å². The molecular weight excluding hydrogens is 540 g/mol. The normalized spacial score (nSPS) is 17.5. The number of sulfonamides is 1. The van der Waals surface area contributed by atoms with E-state index in [4.69, 9.17) is 14.2 Å². The molecule has 2 aliphatic rings. The Morgan fingerprint density at radius 3 is 2.17 bits per heavy atom. The standard InChI is InChI=1S/C32H38N2O6S/c1-4-23-8-12-26(13-9-23)40-22-29-28-21-31(39-3)30(38-2)20-25(28)16-19-34(29)32(35)24-10-14-27(15-11-24)41(36,37)33-17-6-5-7-18-33/h8-15,20-21,29H,4-7,16-19,22H2,1-3H3/t29-/m1/s1. The minimum absolute atomic E-state index is 0.178. The third-order valence-electron chi connectivity index (χ3n) is 8.06. The third-order valence-corrected chi connectivity index (χ3v) is 9.97. The fourth-order valence-corrected chi connectivity index (χ4v) is 7.15. The van der Waals surface area contributed by atoms with Gasteiger partial charge in [-0.25, -0.2) is 8.42 Å². The first kappa shape index (κ1) is 29.0. The fourth-order valence-electron chi connectivity index (χ4n) is 5.64. The quantitative estimate of drug-likeness (QED) is 0.345. The maximum absolute atomic E-state index is 13.9. The SMILES string of the molecule is CCc1ccc(OC[C@@H]2c3cc(OC)c(OC)cc3CCN2C(=O)c2ccc(S(=O)(=O)N3CCCCC3)cc2)cc1. The number of hydrogen-bond acceptors (Lipinski definition) is 6. The maximum Gasteiger partial charge on any atom is 0.254 e. The summed E-state index contributed by atoms with van der Waals surface area (Å²) in [4.78, 5) is 15.9. The van der Waals surface area contributed by atoms with E-state index < -0.39 is 10.0 Å². The molecule has 0 aliphatic carbocycles. The lowest BCUT2D eigenvalue weighted by molar-refractivity contribution is 0.0589. The van der Waals surface area contributed by atoms with Gasteiger partial charge in [-0.2, -0.15) is 4.31 Å². The molecular formula is C32H38N2O6S. The Hall–Kier alpha value is -3.56. The average molecular weight is 579 g/mol. The second kappa shape index (κ2) is 12.5. The molecule has 218 valence electrons. The Balaban J connectivity index is 1.43. The second-order valence-electron chi connectivity index (χ2n) is 10.5. The summed E-state index contributed by atoms with van der Waals surface area (Å²) in [5.41, 5.74) is 3.67. The van der Waals surface area contributed by atoms with Gasteiger partial charge in [-0.15, -0.1) is 0 Å². The summed E-state index contributed by atoms with van der Waals surface area (Å²) in [6.45, 7) is 3.91. The van der Waals surface area contributed by atoms with Crippen molar-refractivity contribution in [3.63, 3.8) is 0 Å². The van der Waals surface area contributed by atoms with Crippen LogP contribution in [-0.4, -0.2) is 64.0 Å². The van der Waals surface area contributed by atoms with Gasteiger partial charge < -0.3 is 19.1 Å². The molecule has 41 heavy (non-hydrogen) atoms. The van der Waals surface area contributed by atoms with Gasteiger partial charge in [0.2, 0.25) is 10.0 Å². The zero-order valence-electron chi connectivity index (χ0n) is 24.0. The van der Waals surface area contributed by atoms with Crippen LogP contribution in [-0.2, 0) is 22.9 Å². The van der Waals surface area contributed by atoms with Crippen LogP contribution in [0.3, 0.4) is 0 Å². The predicted octanol–water partition coefficient (Wildman–Crippen LogP) is 5.26. The van der Waals surface area contributed by atoms with E-state index in [0.717, 1.165) is 42.6 Å². The molecule has 0 aromatic heterocycles. The first-order chi connectivity index (χ1) is 19.8. The van der Waals surface area contributed by atoms with Crippen molar-refractivity contribution in [2.45, 2.75) is 50.0 Å². The Kier molecular flexibility index (Phi) is 8.85. The lowest BCUT2D eigenvalue weighted by Gasteiger charge is -2.37. The summed E-state index contributed by atoms with van der Waals surface area (Å²) in [7, 11) is -0.373. The molecule has 2 heterocycles. The van der Waals surface area contributed by atoms with Gasteiger partial charge in [0, 0.05) is 25.2 Å². The van der Waals surface area contributed by atoms with Crippen molar-refractivity contribution in [3.05, 3.63) is 82.9 Å². The summed E-state index contributed by atoms with van der Waals surface area (Å²) in [5, 5.41) is 0. The number of carbonyl (C=O) groups is 1. The fraction of sp³-hybridized carbons (Fsp3) is 0.406. The van der Waals surface area contributed by atoms with Crippen LogP contribution < -0.4 is 14.2 Å². The zero-order chi connectivity index (χ0) is 29.0. The van der Waals surface area contributed by atoms with Gasteiger partial charge in [-0.3, -0.25) is 4.79 Å². The molecule has 2 aliphatic heterocycles. The van der Waals surface area contributed by atoms with Crippen LogP contribution in [0.4, 0.5) is 0 Å². The van der Waals surface area contributed by atoms with E-state index in [1.807, 2.05) is 41.3 Å². The van der Waals surface area contributed by atoms with Gasteiger partial charge in [-0.05, 0) is 90.9 Å². The first-order valence-corrected chi connectivity index (χ1v) is 15.7. The highest BCUT2D eigenvalue weighted by Gasteiger charge is 2.34. The number of nitrogens with zero attached hydrogens (tertiary/aromatic N) is 2. The Labute approximate surface area is 242 Å². The molecule has 3 aromatic rings. The van der Waals surface area contributed by atoms with E-state index in [1.165, 1.54) is 9.87 Å². The van der Waals surface area contributed by atoms with E-state index in [2.05, 4.69) is 6.92 Å². The van der Waals surface area contributed by atoms with Gasteiger partial charge in [0.15, 0.2) is 11.5 Å². The highest BCUT2D eigenvalue weighted by atomic mass is 32.2. The van der Waals surface area contributed by atoms with Crippen molar-refractivity contribution < 1.29 is 27.4 Å². The summed E-state index contributed by atoms with van der Waals surface area (Å²) in [6, 6.07) is 17.8. The largest absolute Gasteiger partial charge is 0.493 e. The highest BCUT2D eigenvalue weighted by Crippen LogP contribution is 2.39. The van der Waals surface area contributed by atoms with E-state index in [0.29, 0.717) is 43.1 Å². The van der Waals surface area contributed by atoms with Crippen molar-refractivity contribution in [1.82, 2.24) is 9.21 Å². The highest BCUT2D eigenvalue weighted by molar-refractivity contribution is 7.89. The molecule has 0 bridgehead atoms. The monoisotopic (exact) mass is 578 g/mol. The molecule has 0 radical (unpaired) electrons. The number of piperidine rings is 1. The number of methoxy groups -OCH3 is 2. The maximum atomic E-state index is 13.9. The molecule has 1 amide bonds. The van der Waals surface area contributed by atoms with Crippen molar-refractivity contribution in [3.8, 4) is 17.2 Å². The summed E-state index contributed by atoms with van der Waals surface area (Å²) >= 11 is 0. The molecule has 5 rings (SSSR count). The third kappa shape index (κ3) is 6.06. The van der Waals surface area contributed by atoms with E-state index in [1.54, 1.807) is 38.5 Å². The number of carbonyl (C=O) groups excluding carboxylic acids is 1. The number of aryl methyl sites for hydroxylation is 1. The summed E-state index contributed by atoms with van der Waals surface area (Å²) in [6.07, 6.45) is 4.37. The topological polar surface area (TPSA) is 85.4 Å². The van der Waals surface area contributed by atoms with Gasteiger partial charge in [0.05, 0.1) is 25.2 Å². The van der Waals surface area contributed by atoms with E-state index in [-0.39, 0.29) is 23.5 Å². The number of fused-ring (bicyclic) bond motifs is 1. The zero-order valence-corrected chi connectivity index (χ0v) is 24.8. The van der Waals surface area contributed by atoms with Crippen LogP contribution in [0.2, 0.25) is 0 Å². The van der Waals surface area contributed by atoms with Crippen molar-refractivity contribution in [2.75, 3.05) is 40.5 Å². The molecule has 1 atom stereocenters. The van der Waals surface area contributed by atoms with E-state index >= 15 is 0 Å². The Morgan fingerprint density at radius 2 is 1.54 bits per heavy atom. The molecule has 0 saturated carbocycles. The molecule has 0 unspecified atom stereocenters. The predicted molar refractivity (Wildman–Crippen MR) is 157 cm³/mol. The molecule has 1 saturated heterocycles. The second-order valence-corrected chi connectivity index (χ2v) is 12.4. The van der Waals surface area contributed by atoms with Crippen LogP contribution in [0.15, 0.2) is 65.6 Å². The number of ether oxygens (including phenoxy) is 3. The lowest BCUT2D eigenvalue weighted by Crippen LogP contribution is -2.42. The summed E-state index contributed by atoms with van der Waals surface area (Å²) < 4.78 is 45.1. The van der Waals surface area contributed by atoms with Crippen LogP contribution in [0.1, 0.15) is 59.3 Å². The van der Waals surface area contributed by atoms with Crippen LogP contribution in [0.25, 0.3) is 0 Å². The molecule has 1 fully saturated rings. The molecule has 8 nitrogen and oxygen atoms in total. The Morgan fingerprint density at radius 1 is 0.878 bits per heavy atom. The number of hydrogen-bond donors (Lipinski definition) is 0. The van der Waals surface area contributed by atoms with E-state index in [9.17, 15) is 13.2 Å². The van der Waals surface area contributed by atoms with Gasteiger partial charge in [0.1, 0.15) is 12.4 Å². The minimum atomic E-state index is -3.58. The molecule has 9 heteroatoms. The number of amides is 1.